The second-order valence-corrected chi connectivity index (χ2v) is 8.56. The van der Waals surface area contributed by atoms with Crippen LogP contribution in [0.2, 0.25) is 0 Å². The fraction of sp³-hybridized carbons (Fsp3) is 0.556. The van der Waals surface area contributed by atoms with Gasteiger partial charge in [0.2, 0.25) is 11.0 Å². The average Bonchev–Trinajstić information content (AvgIpc) is 3.06. The summed E-state index contributed by atoms with van der Waals surface area (Å²) in [6.07, 6.45) is 1.83. The maximum Gasteiger partial charge on any atom is 0.240 e. The highest BCUT2D eigenvalue weighted by Crippen LogP contribution is 2.27. The first-order chi connectivity index (χ1) is 12.4. The van der Waals surface area contributed by atoms with E-state index in [1.165, 1.54) is 11.3 Å². The van der Waals surface area contributed by atoms with Crippen LogP contribution in [-0.2, 0) is 16.8 Å². The van der Waals surface area contributed by atoms with E-state index < -0.39 is 0 Å². The van der Waals surface area contributed by atoms with E-state index in [4.69, 9.17) is 0 Å². The van der Waals surface area contributed by atoms with E-state index in [1.807, 2.05) is 24.4 Å². The highest BCUT2D eigenvalue weighted by Gasteiger charge is 2.22. The van der Waals surface area contributed by atoms with E-state index in [1.54, 1.807) is 0 Å². The van der Waals surface area contributed by atoms with Crippen LogP contribution in [0.1, 0.15) is 31.5 Å². The van der Waals surface area contributed by atoms with Crippen molar-refractivity contribution in [2.75, 3.05) is 38.0 Å². The molecule has 0 aromatic carbocycles. The first kappa shape index (κ1) is 18.9. The summed E-state index contributed by atoms with van der Waals surface area (Å²) in [6.45, 7) is 11.2. The molecular formula is C18H26N6OS. The Labute approximate surface area is 158 Å². The van der Waals surface area contributed by atoms with E-state index in [0.717, 1.165) is 43.4 Å². The van der Waals surface area contributed by atoms with Crippen molar-refractivity contribution in [3.8, 4) is 0 Å². The highest BCUT2D eigenvalue weighted by molar-refractivity contribution is 7.15. The Morgan fingerprint density at radius 3 is 2.50 bits per heavy atom. The summed E-state index contributed by atoms with van der Waals surface area (Å²) >= 11 is 1.44. The number of amides is 1. The molecule has 1 saturated heterocycles. The molecule has 7 nitrogen and oxygen atoms in total. The van der Waals surface area contributed by atoms with Crippen molar-refractivity contribution >= 4 is 22.4 Å². The van der Waals surface area contributed by atoms with Crippen LogP contribution in [-0.4, -0.2) is 63.6 Å². The van der Waals surface area contributed by atoms with Crippen LogP contribution in [0.15, 0.2) is 24.4 Å². The summed E-state index contributed by atoms with van der Waals surface area (Å²) in [4.78, 5) is 21.2. The lowest BCUT2D eigenvalue weighted by Crippen LogP contribution is -2.48. The van der Waals surface area contributed by atoms with Gasteiger partial charge in [-0.1, -0.05) is 38.2 Å². The van der Waals surface area contributed by atoms with Crippen LogP contribution in [0.4, 0.5) is 5.13 Å². The molecule has 0 atom stereocenters. The third kappa shape index (κ3) is 5.30. The van der Waals surface area contributed by atoms with E-state index >= 15 is 0 Å². The largest absolute Gasteiger partial charge is 0.299 e. The molecule has 0 unspecified atom stereocenters. The zero-order valence-corrected chi connectivity index (χ0v) is 16.4. The highest BCUT2D eigenvalue weighted by atomic mass is 32.1. The standard InChI is InChI=1S/C18H26N6OS/c1-18(2,3)16-21-22-17(26-16)20-15(25)13-24-10-8-23(9-11-24)12-14-6-4-5-7-19-14/h4-7H,8-13H2,1-3H3,(H,20,22,25). The predicted octanol–water partition coefficient (Wildman–Crippen LogP) is 1.99. The second-order valence-electron chi connectivity index (χ2n) is 7.58. The van der Waals surface area contributed by atoms with Crippen LogP contribution < -0.4 is 5.32 Å². The maximum atomic E-state index is 12.3. The van der Waals surface area contributed by atoms with Gasteiger partial charge < -0.3 is 0 Å². The van der Waals surface area contributed by atoms with Crippen LogP contribution >= 0.6 is 11.3 Å². The minimum atomic E-state index is -0.0510. The van der Waals surface area contributed by atoms with Gasteiger partial charge in [0.05, 0.1) is 12.2 Å². The van der Waals surface area contributed by atoms with Crippen molar-refractivity contribution in [1.82, 2.24) is 25.0 Å². The van der Waals surface area contributed by atoms with Crippen molar-refractivity contribution in [2.45, 2.75) is 32.7 Å². The number of aromatic nitrogens is 3. The Kier molecular flexibility index (Phi) is 5.95. The van der Waals surface area contributed by atoms with E-state index in [9.17, 15) is 4.79 Å². The molecule has 3 heterocycles. The Bertz CT molecular complexity index is 719. The van der Waals surface area contributed by atoms with E-state index in [2.05, 4.69) is 51.1 Å². The van der Waals surface area contributed by atoms with Crippen LogP contribution in [0.5, 0.6) is 0 Å². The topological polar surface area (TPSA) is 74.2 Å². The predicted molar refractivity (Wildman–Crippen MR) is 103 cm³/mol. The van der Waals surface area contributed by atoms with Crippen LogP contribution in [0.3, 0.4) is 0 Å². The van der Waals surface area contributed by atoms with Gasteiger partial charge in [-0.3, -0.25) is 24.9 Å². The SMILES string of the molecule is CC(C)(C)c1nnc(NC(=O)CN2CCN(Cc3ccccn3)CC2)s1. The lowest BCUT2D eigenvalue weighted by atomic mass is 9.98. The molecule has 3 rings (SSSR count). The van der Waals surface area contributed by atoms with Crippen molar-refractivity contribution in [2.24, 2.45) is 0 Å². The number of piperazine rings is 1. The summed E-state index contributed by atoms with van der Waals surface area (Å²) in [7, 11) is 0. The summed E-state index contributed by atoms with van der Waals surface area (Å²) in [5, 5.41) is 12.6. The number of pyridine rings is 1. The number of carbonyl (C=O) groups is 1. The number of hydrogen-bond donors (Lipinski definition) is 1. The monoisotopic (exact) mass is 374 g/mol. The van der Waals surface area contributed by atoms with Crippen molar-refractivity contribution < 1.29 is 4.79 Å². The van der Waals surface area contributed by atoms with Crippen LogP contribution in [0.25, 0.3) is 0 Å². The van der Waals surface area contributed by atoms with Crippen LogP contribution in [0, 0.1) is 0 Å². The van der Waals surface area contributed by atoms with Gasteiger partial charge in [0, 0.05) is 44.3 Å². The lowest BCUT2D eigenvalue weighted by molar-refractivity contribution is -0.117. The minimum Gasteiger partial charge on any atom is -0.299 e. The molecule has 0 bridgehead atoms. The van der Waals surface area contributed by atoms with Crippen molar-refractivity contribution in [3.63, 3.8) is 0 Å². The van der Waals surface area contributed by atoms with E-state index in [-0.39, 0.29) is 11.3 Å². The number of nitrogens with zero attached hydrogens (tertiary/aromatic N) is 5. The maximum absolute atomic E-state index is 12.3. The average molecular weight is 375 g/mol. The number of rotatable bonds is 5. The molecule has 26 heavy (non-hydrogen) atoms. The van der Waals surface area contributed by atoms with E-state index in [0.29, 0.717) is 11.7 Å². The molecule has 0 aliphatic carbocycles. The summed E-state index contributed by atoms with van der Waals surface area (Å²) in [5.41, 5.74) is 1.04. The smallest absolute Gasteiger partial charge is 0.240 e. The quantitative estimate of drug-likeness (QED) is 0.863. The number of carbonyl (C=O) groups excluding carboxylic acids is 1. The first-order valence-corrected chi connectivity index (χ1v) is 9.70. The Morgan fingerprint density at radius 1 is 1.15 bits per heavy atom. The molecule has 1 amide bonds. The molecule has 1 fully saturated rings. The second kappa shape index (κ2) is 8.20. The molecule has 2 aromatic rings. The number of anilines is 1. The molecule has 0 saturated carbocycles. The molecular weight excluding hydrogens is 348 g/mol. The Balaban J connectivity index is 1.42. The third-order valence-corrected chi connectivity index (χ3v) is 5.52. The summed E-state index contributed by atoms with van der Waals surface area (Å²) in [6, 6.07) is 6.00. The van der Waals surface area contributed by atoms with Gasteiger partial charge in [-0.25, -0.2) is 0 Å². The van der Waals surface area contributed by atoms with Gasteiger partial charge in [-0.2, -0.15) is 0 Å². The fourth-order valence-electron chi connectivity index (χ4n) is 2.76. The molecule has 8 heteroatoms. The number of nitrogens with one attached hydrogen (secondary N) is 1. The summed E-state index contributed by atoms with van der Waals surface area (Å²) in [5.74, 6) is -0.0280. The van der Waals surface area contributed by atoms with Gasteiger partial charge >= 0.3 is 0 Å². The van der Waals surface area contributed by atoms with Gasteiger partial charge in [0.15, 0.2) is 0 Å². The summed E-state index contributed by atoms with van der Waals surface area (Å²) < 4.78 is 0. The number of hydrogen-bond acceptors (Lipinski definition) is 7. The van der Waals surface area contributed by atoms with Gasteiger partial charge in [0.25, 0.3) is 0 Å². The fourth-order valence-corrected chi connectivity index (χ4v) is 3.58. The molecule has 2 aromatic heterocycles. The normalized spacial score (nSPS) is 16.6. The van der Waals surface area contributed by atoms with Gasteiger partial charge in [0.1, 0.15) is 5.01 Å². The molecule has 1 aliphatic rings. The molecule has 0 radical (unpaired) electrons. The lowest BCUT2D eigenvalue weighted by Gasteiger charge is -2.33. The third-order valence-electron chi connectivity index (χ3n) is 4.26. The van der Waals surface area contributed by atoms with Gasteiger partial charge in [-0.05, 0) is 12.1 Å². The Hall–Kier alpha value is -1.90. The Morgan fingerprint density at radius 2 is 1.88 bits per heavy atom. The van der Waals surface area contributed by atoms with Gasteiger partial charge in [-0.15, -0.1) is 10.2 Å². The molecule has 0 spiro atoms. The van der Waals surface area contributed by atoms with Crippen molar-refractivity contribution in [1.29, 1.82) is 0 Å². The zero-order valence-electron chi connectivity index (χ0n) is 15.6. The first-order valence-electron chi connectivity index (χ1n) is 8.88. The molecule has 1 N–H and O–H groups in total. The molecule has 140 valence electrons. The zero-order chi connectivity index (χ0) is 18.6. The van der Waals surface area contributed by atoms with Crippen molar-refractivity contribution in [3.05, 3.63) is 35.1 Å². The minimum absolute atomic E-state index is 0.0280. The molecule has 1 aliphatic heterocycles.